The van der Waals surface area contributed by atoms with Gasteiger partial charge in [0.15, 0.2) is 0 Å². The van der Waals surface area contributed by atoms with E-state index in [-0.39, 0.29) is 5.02 Å². The number of fused-ring (bicyclic) bond motifs is 1. The van der Waals surface area contributed by atoms with Gasteiger partial charge in [0.1, 0.15) is 5.82 Å². The van der Waals surface area contributed by atoms with Gasteiger partial charge in [-0.25, -0.2) is 4.98 Å². The number of anilines is 1. The van der Waals surface area contributed by atoms with Gasteiger partial charge in [0.2, 0.25) is 0 Å². The van der Waals surface area contributed by atoms with Crippen LogP contribution in [0.25, 0.3) is 6.08 Å². The first kappa shape index (κ1) is 21.7. The van der Waals surface area contributed by atoms with E-state index in [4.69, 9.17) is 11.6 Å². The largest absolute Gasteiger partial charge is 0.417 e. The second kappa shape index (κ2) is 9.63. The van der Waals surface area contributed by atoms with Crippen molar-refractivity contribution in [2.75, 3.05) is 11.9 Å². The van der Waals surface area contributed by atoms with Crippen LogP contribution in [0.4, 0.5) is 19.0 Å². The van der Waals surface area contributed by atoms with E-state index in [1.54, 1.807) is 0 Å². The Morgan fingerprint density at radius 2 is 2.03 bits per heavy atom. The minimum atomic E-state index is -4.50. The first-order valence-electron chi connectivity index (χ1n) is 9.78. The summed E-state index contributed by atoms with van der Waals surface area (Å²) in [5.74, 6) is 0.984. The number of alkyl halides is 3. The number of unbranched alkanes of at least 4 members (excludes halogenated alkanes) is 1. The van der Waals surface area contributed by atoms with Gasteiger partial charge >= 0.3 is 6.18 Å². The number of aliphatic hydroxyl groups excluding tert-OH is 1. The maximum Gasteiger partial charge on any atom is 0.417 e. The highest BCUT2D eigenvalue weighted by Gasteiger charge is 2.33. The maximum absolute atomic E-state index is 12.9. The average Bonchev–Trinajstić information content (AvgIpc) is 2.69. The van der Waals surface area contributed by atoms with Crippen LogP contribution < -0.4 is 5.32 Å². The minimum Gasteiger partial charge on any atom is -0.389 e. The number of rotatable bonds is 7. The molecule has 0 saturated heterocycles. The van der Waals surface area contributed by atoms with E-state index in [0.717, 1.165) is 56.2 Å². The maximum atomic E-state index is 12.9. The van der Waals surface area contributed by atoms with Crippen molar-refractivity contribution in [3.8, 4) is 0 Å². The molecule has 1 aliphatic rings. The van der Waals surface area contributed by atoms with Gasteiger partial charge in [-0.1, -0.05) is 42.3 Å². The van der Waals surface area contributed by atoms with Gasteiger partial charge < -0.3 is 10.4 Å². The molecule has 3 rings (SSSR count). The molecule has 0 radical (unpaired) electrons. The molecule has 3 nitrogen and oxygen atoms in total. The van der Waals surface area contributed by atoms with E-state index in [2.05, 4.69) is 22.4 Å². The molecule has 1 aromatic carbocycles. The molecule has 29 heavy (non-hydrogen) atoms. The van der Waals surface area contributed by atoms with Crippen molar-refractivity contribution >= 4 is 23.5 Å². The second-order valence-corrected chi connectivity index (χ2v) is 7.66. The summed E-state index contributed by atoms with van der Waals surface area (Å²) in [4.78, 5) is 4.65. The van der Waals surface area contributed by atoms with Gasteiger partial charge in [-0.2, -0.15) is 13.2 Å². The van der Waals surface area contributed by atoms with Crippen LogP contribution in [0.2, 0.25) is 5.02 Å². The summed E-state index contributed by atoms with van der Waals surface area (Å²) in [6.45, 7) is 0.958. The molecule has 0 fully saturated rings. The van der Waals surface area contributed by atoms with Crippen molar-refractivity contribution in [3.63, 3.8) is 0 Å². The van der Waals surface area contributed by atoms with Crippen LogP contribution in [-0.2, 0) is 19.0 Å². The van der Waals surface area contributed by atoms with Crippen molar-refractivity contribution in [2.45, 2.75) is 50.8 Å². The number of nitrogens with zero attached hydrogens (tertiary/aromatic N) is 1. The van der Waals surface area contributed by atoms with E-state index in [1.807, 2.05) is 0 Å². The number of aromatic nitrogens is 1. The molecular formula is C22H24ClF3N2O. The zero-order chi connectivity index (χ0) is 20.9. The van der Waals surface area contributed by atoms with Gasteiger partial charge in [0, 0.05) is 12.2 Å². The molecule has 0 bridgehead atoms. The summed E-state index contributed by atoms with van der Waals surface area (Å²) in [5, 5.41) is 13.1. The van der Waals surface area contributed by atoms with E-state index in [1.165, 1.54) is 29.8 Å². The van der Waals surface area contributed by atoms with Crippen molar-refractivity contribution in [1.82, 2.24) is 4.98 Å². The molecule has 2 aromatic rings. The fourth-order valence-electron chi connectivity index (χ4n) is 3.35. The molecule has 7 heteroatoms. The molecule has 0 amide bonds. The lowest BCUT2D eigenvalue weighted by Gasteiger charge is -2.17. The van der Waals surface area contributed by atoms with E-state index in [9.17, 15) is 18.3 Å². The standard InChI is InChI=1S/C22H24ClF3N2O/c23-20-12-8-15(14-19(20)22(24,25)26)7-11-18(29)6-2-1-5-17-10-9-16-4-3-13-27-21(16)28-17/h7-12,14,18,29H,1-6,13H2,(H,27,28). The van der Waals surface area contributed by atoms with Crippen LogP contribution in [0, 0.1) is 0 Å². The molecule has 1 aromatic heterocycles. The zero-order valence-corrected chi connectivity index (χ0v) is 16.7. The number of benzene rings is 1. The van der Waals surface area contributed by atoms with E-state index in [0.29, 0.717) is 12.0 Å². The number of halogens is 4. The Bertz CT molecular complexity index is 868. The molecule has 1 aliphatic heterocycles. The molecule has 2 N–H and O–H groups in total. The Morgan fingerprint density at radius 1 is 1.21 bits per heavy atom. The summed E-state index contributed by atoms with van der Waals surface area (Å²) < 4.78 is 38.7. The molecule has 0 spiro atoms. The predicted octanol–water partition coefficient (Wildman–Crippen LogP) is 5.90. The van der Waals surface area contributed by atoms with Crippen LogP contribution in [0.5, 0.6) is 0 Å². The predicted molar refractivity (Wildman–Crippen MR) is 110 cm³/mol. The van der Waals surface area contributed by atoms with E-state index < -0.39 is 17.8 Å². The normalized spacial score (nSPS) is 15.2. The molecule has 2 heterocycles. The van der Waals surface area contributed by atoms with Crippen molar-refractivity contribution in [2.24, 2.45) is 0 Å². The molecular weight excluding hydrogens is 401 g/mol. The second-order valence-electron chi connectivity index (χ2n) is 7.25. The van der Waals surface area contributed by atoms with E-state index >= 15 is 0 Å². The van der Waals surface area contributed by atoms with Crippen LogP contribution in [0.15, 0.2) is 36.4 Å². The third-order valence-corrected chi connectivity index (χ3v) is 5.27. The number of aliphatic hydroxyl groups is 1. The van der Waals surface area contributed by atoms with Gasteiger partial charge in [-0.3, -0.25) is 0 Å². The lowest BCUT2D eigenvalue weighted by atomic mass is 10.0. The summed E-state index contributed by atoms with van der Waals surface area (Å²) in [5.41, 5.74) is 1.77. The average molecular weight is 425 g/mol. The highest BCUT2D eigenvalue weighted by Crippen LogP contribution is 2.35. The highest BCUT2D eigenvalue weighted by atomic mass is 35.5. The van der Waals surface area contributed by atoms with Crippen molar-refractivity contribution < 1.29 is 18.3 Å². The molecule has 0 aliphatic carbocycles. The van der Waals surface area contributed by atoms with Gasteiger partial charge in [0.25, 0.3) is 0 Å². The number of nitrogens with one attached hydrogen (secondary N) is 1. The molecule has 156 valence electrons. The summed E-state index contributed by atoms with van der Waals surface area (Å²) >= 11 is 5.62. The first-order chi connectivity index (χ1) is 13.8. The number of hydrogen-bond donors (Lipinski definition) is 2. The lowest BCUT2D eigenvalue weighted by molar-refractivity contribution is -0.137. The first-order valence-corrected chi connectivity index (χ1v) is 10.2. The van der Waals surface area contributed by atoms with Crippen LogP contribution in [0.3, 0.4) is 0 Å². The fraction of sp³-hybridized carbons (Fsp3) is 0.409. The Morgan fingerprint density at radius 3 is 2.83 bits per heavy atom. The van der Waals surface area contributed by atoms with Crippen LogP contribution >= 0.6 is 11.6 Å². The van der Waals surface area contributed by atoms with Crippen LogP contribution in [-0.4, -0.2) is 22.7 Å². The number of aryl methyl sites for hydroxylation is 2. The summed E-state index contributed by atoms with van der Waals surface area (Å²) in [6.07, 6.45) is 3.05. The highest BCUT2D eigenvalue weighted by molar-refractivity contribution is 6.31. The smallest absolute Gasteiger partial charge is 0.389 e. The van der Waals surface area contributed by atoms with Gasteiger partial charge in [0.05, 0.1) is 16.7 Å². The Hall–Kier alpha value is -2.05. The van der Waals surface area contributed by atoms with Crippen molar-refractivity contribution in [1.29, 1.82) is 0 Å². The van der Waals surface area contributed by atoms with Gasteiger partial charge in [-0.05, 0) is 61.4 Å². The third kappa shape index (κ3) is 6.21. The Labute approximate surface area is 173 Å². The number of pyridine rings is 1. The fourth-order valence-corrected chi connectivity index (χ4v) is 3.57. The summed E-state index contributed by atoms with van der Waals surface area (Å²) in [7, 11) is 0. The quantitative estimate of drug-likeness (QED) is 0.544. The Kier molecular flexibility index (Phi) is 7.19. The summed E-state index contributed by atoms with van der Waals surface area (Å²) in [6, 6.07) is 7.89. The molecule has 1 atom stereocenters. The topological polar surface area (TPSA) is 45.2 Å². The molecule has 1 unspecified atom stereocenters. The SMILES string of the molecule is OC(C=Cc1ccc(Cl)c(C(F)(F)F)c1)CCCCc1ccc2c(n1)NCCC2. The number of hydrogen-bond acceptors (Lipinski definition) is 3. The van der Waals surface area contributed by atoms with Crippen LogP contribution in [0.1, 0.15) is 48.1 Å². The zero-order valence-electron chi connectivity index (χ0n) is 16.0. The lowest BCUT2D eigenvalue weighted by Crippen LogP contribution is -2.14. The minimum absolute atomic E-state index is 0.332. The third-order valence-electron chi connectivity index (χ3n) is 4.94. The Balaban J connectivity index is 1.46. The molecule has 0 saturated carbocycles. The van der Waals surface area contributed by atoms with Crippen molar-refractivity contribution in [3.05, 3.63) is 63.8 Å². The van der Waals surface area contributed by atoms with Gasteiger partial charge in [-0.15, -0.1) is 0 Å². The monoisotopic (exact) mass is 424 g/mol.